The summed E-state index contributed by atoms with van der Waals surface area (Å²) >= 11 is 0. The standard InChI is InChI=1S/C20H23N3O4S/c1-20(10-11-20)21-28(25,26)16-8-9-17-18(12-16)22(2)19(24)23(17)13-14-4-6-15(27-3)7-5-14/h4-9,12,21H,10-11,13H2,1-3H3. The molecule has 0 spiro atoms. The van der Waals surface area contributed by atoms with Crippen molar-refractivity contribution in [2.75, 3.05) is 7.11 Å². The Balaban J connectivity index is 1.73. The van der Waals surface area contributed by atoms with E-state index < -0.39 is 10.0 Å². The molecule has 0 atom stereocenters. The molecule has 1 aliphatic carbocycles. The summed E-state index contributed by atoms with van der Waals surface area (Å²) in [7, 11) is -0.363. The summed E-state index contributed by atoms with van der Waals surface area (Å²) in [5.41, 5.74) is 1.69. The molecule has 1 fully saturated rings. The van der Waals surface area contributed by atoms with E-state index in [2.05, 4.69) is 4.72 Å². The lowest BCUT2D eigenvalue weighted by Crippen LogP contribution is -2.34. The largest absolute Gasteiger partial charge is 0.497 e. The molecule has 148 valence electrons. The molecule has 1 N–H and O–H groups in total. The van der Waals surface area contributed by atoms with Gasteiger partial charge in [0.1, 0.15) is 5.75 Å². The quantitative estimate of drug-likeness (QED) is 0.687. The third kappa shape index (κ3) is 3.33. The minimum atomic E-state index is -3.62. The second-order valence-corrected chi connectivity index (χ2v) is 9.27. The summed E-state index contributed by atoms with van der Waals surface area (Å²) in [6.07, 6.45) is 1.68. The van der Waals surface area contributed by atoms with Gasteiger partial charge in [-0.05, 0) is 55.7 Å². The molecule has 0 aliphatic heterocycles. The smallest absolute Gasteiger partial charge is 0.329 e. The van der Waals surface area contributed by atoms with Crippen molar-refractivity contribution in [3.05, 3.63) is 58.5 Å². The van der Waals surface area contributed by atoms with Crippen molar-refractivity contribution in [1.29, 1.82) is 0 Å². The van der Waals surface area contributed by atoms with Gasteiger partial charge in [-0.15, -0.1) is 0 Å². The van der Waals surface area contributed by atoms with Gasteiger partial charge in [-0.25, -0.2) is 17.9 Å². The number of aryl methyl sites for hydroxylation is 1. The highest BCUT2D eigenvalue weighted by atomic mass is 32.2. The van der Waals surface area contributed by atoms with E-state index in [4.69, 9.17) is 4.74 Å². The van der Waals surface area contributed by atoms with Gasteiger partial charge in [-0.2, -0.15) is 0 Å². The number of ether oxygens (including phenoxy) is 1. The van der Waals surface area contributed by atoms with Crippen molar-refractivity contribution in [1.82, 2.24) is 13.9 Å². The minimum Gasteiger partial charge on any atom is -0.497 e. The van der Waals surface area contributed by atoms with Crippen LogP contribution < -0.4 is 15.1 Å². The first kappa shape index (κ1) is 18.8. The van der Waals surface area contributed by atoms with Crippen LogP contribution in [-0.2, 0) is 23.6 Å². The Kier molecular flexibility index (Phi) is 4.35. The Labute approximate surface area is 163 Å². The monoisotopic (exact) mass is 401 g/mol. The molecular weight excluding hydrogens is 378 g/mol. The van der Waals surface area contributed by atoms with Crippen molar-refractivity contribution in [3.8, 4) is 5.75 Å². The number of nitrogens with one attached hydrogen (secondary N) is 1. The van der Waals surface area contributed by atoms with E-state index >= 15 is 0 Å². The van der Waals surface area contributed by atoms with Gasteiger partial charge in [0.2, 0.25) is 10.0 Å². The molecule has 7 nitrogen and oxygen atoms in total. The van der Waals surface area contributed by atoms with E-state index in [1.54, 1.807) is 36.9 Å². The molecule has 8 heteroatoms. The van der Waals surface area contributed by atoms with E-state index in [9.17, 15) is 13.2 Å². The molecule has 28 heavy (non-hydrogen) atoms. The van der Waals surface area contributed by atoms with E-state index in [1.165, 1.54) is 4.57 Å². The molecule has 0 saturated heterocycles. The third-order valence-corrected chi connectivity index (χ3v) is 6.94. The zero-order valence-electron chi connectivity index (χ0n) is 16.1. The van der Waals surface area contributed by atoms with Gasteiger partial charge in [0.05, 0.1) is 29.6 Å². The average Bonchev–Trinajstić information content (AvgIpc) is 3.35. The van der Waals surface area contributed by atoms with Crippen LogP contribution in [0.25, 0.3) is 11.0 Å². The van der Waals surface area contributed by atoms with Gasteiger partial charge in [-0.3, -0.25) is 9.13 Å². The van der Waals surface area contributed by atoms with Gasteiger partial charge in [0.15, 0.2) is 0 Å². The highest BCUT2D eigenvalue weighted by Crippen LogP contribution is 2.36. The Hall–Kier alpha value is -2.58. The van der Waals surface area contributed by atoms with Crippen LogP contribution in [0.4, 0.5) is 0 Å². The van der Waals surface area contributed by atoms with Crippen LogP contribution in [0, 0.1) is 0 Å². The van der Waals surface area contributed by atoms with Crippen molar-refractivity contribution >= 4 is 21.1 Å². The molecule has 1 heterocycles. The Bertz CT molecular complexity index is 1200. The first-order valence-electron chi connectivity index (χ1n) is 9.09. The third-order valence-electron chi connectivity index (χ3n) is 5.31. The van der Waals surface area contributed by atoms with Gasteiger partial charge in [-0.1, -0.05) is 12.1 Å². The second-order valence-electron chi connectivity index (χ2n) is 7.59. The van der Waals surface area contributed by atoms with Crippen LogP contribution in [0.2, 0.25) is 0 Å². The number of benzene rings is 2. The van der Waals surface area contributed by atoms with Crippen molar-refractivity contribution in [3.63, 3.8) is 0 Å². The molecule has 0 radical (unpaired) electrons. The van der Waals surface area contributed by atoms with E-state index in [0.29, 0.717) is 17.6 Å². The topological polar surface area (TPSA) is 82.3 Å². The van der Waals surface area contributed by atoms with Crippen LogP contribution in [0.15, 0.2) is 52.2 Å². The molecule has 4 rings (SSSR count). The number of sulfonamides is 1. The zero-order valence-corrected chi connectivity index (χ0v) is 16.9. The lowest BCUT2D eigenvalue weighted by atomic mass is 10.2. The predicted octanol–water partition coefficient (Wildman–Crippen LogP) is 2.23. The van der Waals surface area contributed by atoms with Crippen LogP contribution in [-0.4, -0.2) is 30.2 Å². The minimum absolute atomic E-state index is 0.172. The summed E-state index contributed by atoms with van der Waals surface area (Å²) in [5.74, 6) is 0.751. The molecule has 3 aromatic rings. The number of hydrogen-bond donors (Lipinski definition) is 1. The van der Waals surface area contributed by atoms with E-state index in [-0.39, 0.29) is 16.1 Å². The fourth-order valence-electron chi connectivity index (χ4n) is 3.29. The number of imidazole rings is 1. The zero-order chi connectivity index (χ0) is 20.1. The van der Waals surface area contributed by atoms with Crippen LogP contribution >= 0.6 is 0 Å². The molecule has 0 unspecified atom stereocenters. The van der Waals surface area contributed by atoms with Gasteiger partial charge >= 0.3 is 5.69 Å². The number of aromatic nitrogens is 2. The molecule has 0 bridgehead atoms. The van der Waals surface area contributed by atoms with Crippen molar-refractivity contribution in [2.45, 2.75) is 36.7 Å². The highest BCUT2D eigenvalue weighted by Gasteiger charge is 2.41. The van der Waals surface area contributed by atoms with Crippen LogP contribution in [0.3, 0.4) is 0 Å². The summed E-state index contributed by atoms with van der Waals surface area (Å²) < 4.78 is 36.4. The fourth-order valence-corrected chi connectivity index (χ4v) is 4.78. The SMILES string of the molecule is COc1ccc(Cn2c(=O)n(C)c3cc(S(=O)(=O)NC4(C)CC4)ccc32)cc1. The lowest BCUT2D eigenvalue weighted by molar-refractivity contribution is 0.414. The number of methoxy groups -OCH3 is 1. The summed E-state index contributed by atoms with van der Waals surface area (Å²) in [5, 5.41) is 0. The van der Waals surface area contributed by atoms with Crippen molar-refractivity contribution < 1.29 is 13.2 Å². The molecular formula is C20H23N3O4S. The maximum atomic E-state index is 12.8. The summed E-state index contributed by atoms with van der Waals surface area (Å²) in [6.45, 7) is 2.28. The Morgan fingerprint density at radius 1 is 1.11 bits per heavy atom. The lowest BCUT2D eigenvalue weighted by Gasteiger charge is -2.12. The molecule has 1 aromatic heterocycles. The fraction of sp³-hybridized carbons (Fsp3) is 0.350. The first-order valence-corrected chi connectivity index (χ1v) is 10.6. The van der Waals surface area contributed by atoms with Crippen LogP contribution in [0.5, 0.6) is 5.75 Å². The number of nitrogens with zero attached hydrogens (tertiary/aromatic N) is 2. The first-order chi connectivity index (χ1) is 13.2. The predicted molar refractivity (Wildman–Crippen MR) is 107 cm³/mol. The number of rotatable bonds is 6. The molecule has 2 aromatic carbocycles. The van der Waals surface area contributed by atoms with Gasteiger partial charge in [0.25, 0.3) is 0 Å². The van der Waals surface area contributed by atoms with E-state index in [0.717, 1.165) is 24.2 Å². The maximum Gasteiger partial charge on any atom is 0.329 e. The Morgan fingerprint density at radius 2 is 1.79 bits per heavy atom. The van der Waals surface area contributed by atoms with Crippen molar-refractivity contribution in [2.24, 2.45) is 7.05 Å². The molecule has 0 amide bonds. The Morgan fingerprint density at radius 3 is 2.39 bits per heavy atom. The summed E-state index contributed by atoms with van der Waals surface area (Å²) in [4.78, 5) is 12.9. The van der Waals surface area contributed by atoms with Crippen LogP contribution in [0.1, 0.15) is 25.3 Å². The molecule has 1 saturated carbocycles. The maximum absolute atomic E-state index is 12.8. The second kappa shape index (κ2) is 6.49. The average molecular weight is 401 g/mol. The van der Waals surface area contributed by atoms with Gasteiger partial charge in [0, 0.05) is 12.6 Å². The van der Waals surface area contributed by atoms with E-state index in [1.807, 2.05) is 31.2 Å². The highest BCUT2D eigenvalue weighted by molar-refractivity contribution is 7.89. The number of hydrogen-bond acceptors (Lipinski definition) is 4. The number of fused-ring (bicyclic) bond motifs is 1. The summed E-state index contributed by atoms with van der Waals surface area (Å²) in [6, 6.07) is 12.3. The van der Waals surface area contributed by atoms with Gasteiger partial charge < -0.3 is 4.74 Å². The normalized spacial score (nSPS) is 15.7. The molecule has 1 aliphatic rings.